The van der Waals surface area contributed by atoms with E-state index in [9.17, 15) is 4.79 Å². The van der Waals surface area contributed by atoms with Gasteiger partial charge in [-0.05, 0) is 31.4 Å². The maximum atomic E-state index is 11.2. The molecule has 0 bridgehead atoms. The second-order valence-corrected chi connectivity index (χ2v) is 4.84. The van der Waals surface area contributed by atoms with Crippen molar-refractivity contribution in [2.24, 2.45) is 0 Å². The van der Waals surface area contributed by atoms with E-state index in [-0.39, 0.29) is 5.69 Å². The average Bonchev–Trinajstić information content (AvgIpc) is 2.93. The fraction of sp³-hybridized carbons (Fsp3) is 0.308. The number of anilines is 1. The van der Waals surface area contributed by atoms with Crippen molar-refractivity contribution in [3.63, 3.8) is 0 Å². The Labute approximate surface area is 115 Å². The van der Waals surface area contributed by atoms with E-state index in [0.29, 0.717) is 11.6 Å². The second-order valence-electron chi connectivity index (χ2n) is 3.89. The van der Waals surface area contributed by atoms with Crippen LogP contribution in [0.1, 0.15) is 24.3 Å². The molecular weight excluding hydrogens is 262 g/mol. The van der Waals surface area contributed by atoms with Gasteiger partial charge in [-0.1, -0.05) is 6.07 Å². The van der Waals surface area contributed by atoms with Gasteiger partial charge in [0.25, 0.3) is 0 Å². The molecule has 0 saturated carbocycles. The maximum absolute atomic E-state index is 11.2. The molecule has 19 heavy (non-hydrogen) atoms. The summed E-state index contributed by atoms with van der Waals surface area (Å²) < 4.78 is 0. The molecule has 2 rings (SSSR count). The Morgan fingerprint density at radius 3 is 2.63 bits per heavy atom. The molecule has 5 nitrogen and oxygen atoms in total. The quantitative estimate of drug-likeness (QED) is 0.910. The molecule has 0 radical (unpaired) electrons. The molecule has 1 N–H and O–H groups in total. The lowest BCUT2D eigenvalue weighted by atomic mass is 10.3. The van der Waals surface area contributed by atoms with Gasteiger partial charge in [0, 0.05) is 13.1 Å². The zero-order valence-corrected chi connectivity index (χ0v) is 11.6. The van der Waals surface area contributed by atoms with Crippen LogP contribution in [0.3, 0.4) is 0 Å². The number of aromatic carboxylic acids is 1. The van der Waals surface area contributed by atoms with Crippen LogP contribution < -0.4 is 4.90 Å². The van der Waals surface area contributed by atoms with E-state index in [1.54, 1.807) is 0 Å². The van der Waals surface area contributed by atoms with E-state index in [0.717, 1.165) is 18.0 Å². The van der Waals surface area contributed by atoms with Crippen LogP contribution in [-0.2, 0) is 0 Å². The van der Waals surface area contributed by atoms with Gasteiger partial charge >= 0.3 is 5.97 Å². The smallest absolute Gasteiger partial charge is 0.354 e. The Bertz CT molecular complexity index is 565. The van der Waals surface area contributed by atoms with Gasteiger partial charge in [-0.25, -0.2) is 14.8 Å². The third-order valence-corrected chi connectivity index (χ3v) is 3.65. The first-order chi connectivity index (χ1) is 9.15. The van der Waals surface area contributed by atoms with Crippen LogP contribution in [0.4, 0.5) is 5.95 Å². The minimum absolute atomic E-state index is 0.0281. The number of nitrogens with zero attached hydrogens (tertiary/aromatic N) is 3. The highest BCUT2D eigenvalue weighted by atomic mass is 32.1. The van der Waals surface area contributed by atoms with Crippen molar-refractivity contribution in [3.8, 4) is 10.6 Å². The predicted molar refractivity (Wildman–Crippen MR) is 75.9 cm³/mol. The summed E-state index contributed by atoms with van der Waals surface area (Å²) in [6.07, 6.45) is 0. The normalized spacial score (nSPS) is 10.4. The Kier molecular flexibility index (Phi) is 4.11. The van der Waals surface area contributed by atoms with Crippen molar-refractivity contribution in [1.29, 1.82) is 0 Å². The summed E-state index contributed by atoms with van der Waals surface area (Å²) in [6.45, 7) is 5.46. The van der Waals surface area contributed by atoms with Crippen molar-refractivity contribution in [3.05, 3.63) is 29.3 Å². The summed E-state index contributed by atoms with van der Waals surface area (Å²) in [6, 6.07) is 5.35. The number of aromatic nitrogens is 2. The van der Waals surface area contributed by atoms with E-state index >= 15 is 0 Å². The van der Waals surface area contributed by atoms with Gasteiger partial charge in [-0.2, -0.15) is 0 Å². The first-order valence-corrected chi connectivity index (χ1v) is 6.94. The molecule has 0 atom stereocenters. The lowest BCUT2D eigenvalue weighted by Gasteiger charge is -2.19. The van der Waals surface area contributed by atoms with Crippen molar-refractivity contribution < 1.29 is 9.90 Å². The van der Waals surface area contributed by atoms with E-state index in [1.807, 2.05) is 36.3 Å². The fourth-order valence-corrected chi connectivity index (χ4v) is 2.43. The molecule has 0 aliphatic rings. The highest BCUT2D eigenvalue weighted by Crippen LogP contribution is 2.25. The minimum Gasteiger partial charge on any atom is -0.477 e. The topological polar surface area (TPSA) is 66.3 Å². The van der Waals surface area contributed by atoms with E-state index in [4.69, 9.17) is 5.11 Å². The lowest BCUT2D eigenvalue weighted by molar-refractivity contribution is 0.0690. The number of hydrogen-bond donors (Lipinski definition) is 1. The Balaban J connectivity index is 2.52. The van der Waals surface area contributed by atoms with E-state index < -0.39 is 5.97 Å². The van der Waals surface area contributed by atoms with E-state index in [2.05, 4.69) is 9.97 Å². The summed E-state index contributed by atoms with van der Waals surface area (Å²) >= 11 is 1.53. The Hall–Kier alpha value is -1.95. The van der Waals surface area contributed by atoms with Gasteiger partial charge in [0.05, 0.1) is 10.6 Å². The Morgan fingerprint density at radius 2 is 2.11 bits per heavy atom. The van der Waals surface area contributed by atoms with Crippen LogP contribution in [-0.4, -0.2) is 34.1 Å². The molecule has 6 heteroatoms. The molecule has 0 spiro atoms. The first-order valence-electron chi connectivity index (χ1n) is 6.06. The van der Waals surface area contributed by atoms with Crippen LogP contribution in [0, 0.1) is 0 Å². The van der Waals surface area contributed by atoms with Crippen LogP contribution in [0.2, 0.25) is 0 Å². The number of rotatable bonds is 5. The van der Waals surface area contributed by atoms with Gasteiger partial charge in [0.15, 0.2) is 5.69 Å². The predicted octanol–water partition coefficient (Wildman–Crippen LogP) is 2.75. The molecule has 0 amide bonds. The van der Waals surface area contributed by atoms with Gasteiger partial charge < -0.3 is 10.0 Å². The number of carbonyl (C=O) groups is 1. The number of carboxylic acids is 1. The van der Waals surface area contributed by atoms with Gasteiger partial charge in [0.2, 0.25) is 5.95 Å². The summed E-state index contributed by atoms with van der Waals surface area (Å²) in [5, 5.41) is 11.1. The standard InChI is InChI=1S/C13H15N3O2S/c1-3-16(4-2)13-14-9(11-6-5-7-19-11)8-10(15-13)12(17)18/h5-8H,3-4H2,1-2H3,(H,17,18). The molecular formula is C13H15N3O2S. The van der Waals surface area contributed by atoms with Gasteiger partial charge in [-0.3, -0.25) is 0 Å². The van der Waals surface area contributed by atoms with Crippen molar-refractivity contribution in [2.75, 3.05) is 18.0 Å². The van der Waals surface area contributed by atoms with Gasteiger partial charge in [-0.15, -0.1) is 11.3 Å². The third-order valence-electron chi connectivity index (χ3n) is 2.75. The average molecular weight is 277 g/mol. The van der Waals surface area contributed by atoms with Crippen LogP contribution >= 0.6 is 11.3 Å². The zero-order chi connectivity index (χ0) is 13.8. The van der Waals surface area contributed by atoms with Crippen molar-refractivity contribution in [1.82, 2.24) is 9.97 Å². The number of carboxylic acid groups (broad SMARTS) is 1. The molecule has 2 aromatic heterocycles. The lowest BCUT2D eigenvalue weighted by Crippen LogP contribution is -2.25. The SMILES string of the molecule is CCN(CC)c1nc(C(=O)O)cc(-c2cccs2)n1. The third kappa shape index (κ3) is 2.90. The Morgan fingerprint density at radius 1 is 1.37 bits per heavy atom. The summed E-state index contributed by atoms with van der Waals surface area (Å²) in [5.41, 5.74) is 0.685. The summed E-state index contributed by atoms with van der Waals surface area (Å²) in [5.74, 6) is -0.568. The van der Waals surface area contributed by atoms with Crippen molar-refractivity contribution in [2.45, 2.75) is 13.8 Å². The molecule has 0 aliphatic heterocycles. The van der Waals surface area contributed by atoms with E-state index in [1.165, 1.54) is 17.4 Å². The number of hydrogen-bond acceptors (Lipinski definition) is 5. The highest BCUT2D eigenvalue weighted by molar-refractivity contribution is 7.13. The monoisotopic (exact) mass is 277 g/mol. The van der Waals surface area contributed by atoms with Crippen LogP contribution in [0.25, 0.3) is 10.6 Å². The van der Waals surface area contributed by atoms with Crippen LogP contribution in [0.15, 0.2) is 23.6 Å². The van der Waals surface area contributed by atoms with Crippen LogP contribution in [0.5, 0.6) is 0 Å². The maximum Gasteiger partial charge on any atom is 0.354 e. The molecule has 0 aliphatic carbocycles. The van der Waals surface area contributed by atoms with Crippen molar-refractivity contribution >= 4 is 23.3 Å². The molecule has 0 fully saturated rings. The molecule has 2 aromatic rings. The second kappa shape index (κ2) is 5.79. The largest absolute Gasteiger partial charge is 0.477 e. The fourth-order valence-electron chi connectivity index (χ4n) is 1.74. The number of thiophene rings is 1. The molecule has 0 saturated heterocycles. The van der Waals surface area contributed by atoms with Gasteiger partial charge in [0.1, 0.15) is 0 Å². The highest BCUT2D eigenvalue weighted by Gasteiger charge is 2.15. The molecule has 0 aromatic carbocycles. The molecule has 2 heterocycles. The summed E-state index contributed by atoms with van der Waals surface area (Å²) in [4.78, 5) is 22.6. The first kappa shape index (κ1) is 13.5. The zero-order valence-electron chi connectivity index (χ0n) is 10.8. The molecule has 0 unspecified atom stereocenters. The molecule has 100 valence electrons. The minimum atomic E-state index is -1.03. The summed E-state index contributed by atoms with van der Waals surface area (Å²) in [7, 11) is 0.